The predicted octanol–water partition coefficient (Wildman–Crippen LogP) is 3.35. The van der Waals surface area contributed by atoms with Gasteiger partial charge in [0, 0.05) is 23.9 Å². The minimum Gasteiger partial charge on any atom is -0.452 e. The molecule has 0 bridgehead atoms. The van der Waals surface area contributed by atoms with Gasteiger partial charge in [0.1, 0.15) is 0 Å². The molecule has 2 aromatic carbocycles. The molecule has 0 heterocycles. The Hall–Kier alpha value is -3.48. The molecule has 0 unspecified atom stereocenters. The number of amides is 1. The third kappa shape index (κ3) is 5.55. The van der Waals surface area contributed by atoms with E-state index in [-0.39, 0.29) is 5.69 Å². The molecule has 0 saturated heterocycles. The van der Waals surface area contributed by atoms with Crippen LogP contribution in [0.25, 0.3) is 6.08 Å². The van der Waals surface area contributed by atoms with Crippen LogP contribution in [-0.4, -0.2) is 23.4 Å². The van der Waals surface area contributed by atoms with Gasteiger partial charge in [-0.25, -0.2) is 4.79 Å². The molecule has 0 radical (unpaired) electrons. The number of hydrogen-bond acceptors (Lipinski definition) is 5. The minimum absolute atomic E-state index is 0.0746. The summed E-state index contributed by atoms with van der Waals surface area (Å²) < 4.78 is 4.88. The SMILES string of the molecule is CCc1ccccc1NC(=O)COC(=O)/C=C/c1cccc([N+](=O)[O-])c1. The molecular formula is C19H18N2O5. The molecule has 1 amide bonds. The molecule has 0 aliphatic heterocycles. The van der Waals surface area contributed by atoms with Gasteiger partial charge in [-0.15, -0.1) is 0 Å². The number of aryl methyl sites for hydroxylation is 1. The molecule has 7 nitrogen and oxygen atoms in total. The topological polar surface area (TPSA) is 98.5 Å². The van der Waals surface area contributed by atoms with Crippen molar-refractivity contribution < 1.29 is 19.2 Å². The van der Waals surface area contributed by atoms with Gasteiger partial charge in [-0.2, -0.15) is 0 Å². The number of hydrogen-bond donors (Lipinski definition) is 1. The highest BCUT2D eigenvalue weighted by molar-refractivity contribution is 5.95. The second-order valence-electron chi connectivity index (χ2n) is 5.35. The molecule has 134 valence electrons. The first kappa shape index (κ1) is 18.9. The average Bonchev–Trinajstić information content (AvgIpc) is 2.65. The molecular weight excluding hydrogens is 336 g/mol. The van der Waals surface area contributed by atoms with E-state index in [2.05, 4.69) is 5.32 Å². The maximum Gasteiger partial charge on any atom is 0.331 e. The van der Waals surface area contributed by atoms with Gasteiger partial charge in [-0.05, 0) is 29.7 Å². The van der Waals surface area contributed by atoms with Gasteiger partial charge in [0.15, 0.2) is 6.61 Å². The Morgan fingerprint density at radius 2 is 1.96 bits per heavy atom. The van der Waals surface area contributed by atoms with Crippen molar-refractivity contribution in [3.05, 3.63) is 75.8 Å². The van der Waals surface area contributed by atoms with Gasteiger partial charge in [0.2, 0.25) is 0 Å². The van der Waals surface area contributed by atoms with Crippen LogP contribution in [-0.2, 0) is 20.7 Å². The van der Waals surface area contributed by atoms with E-state index >= 15 is 0 Å². The summed E-state index contributed by atoms with van der Waals surface area (Å²) in [5.41, 5.74) is 2.08. The molecule has 0 spiro atoms. The van der Waals surface area contributed by atoms with Crippen LogP contribution >= 0.6 is 0 Å². The van der Waals surface area contributed by atoms with Crippen LogP contribution in [0.2, 0.25) is 0 Å². The Kier molecular flexibility index (Phi) is 6.61. The molecule has 26 heavy (non-hydrogen) atoms. The lowest BCUT2D eigenvalue weighted by molar-refractivity contribution is -0.384. The Morgan fingerprint density at radius 1 is 1.19 bits per heavy atom. The Bertz CT molecular complexity index is 845. The lowest BCUT2D eigenvalue weighted by Crippen LogP contribution is -2.20. The number of nitrogens with one attached hydrogen (secondary N) is 1. The van der Waals surface area contributed by atoms with Crippen LogP contribution in [0, 0.1) is 10.1 Å². The summed E-state index contributed by atoms with van der Waals surface area (Å²) >= 11 is 0. The van der Waals surface area contributed by atoms with Crippen LogP contribution in [0.4, 0.5) is 11.4 Å². The van der Waals surface area contributed by atoms with Crippen molar-refractivity contribution in [2.24, 2.45) is 0 Å². The number of nitrogens with zero attached hydrogens (tertiary/aromatic N) is 1. The Balaban J connectivity index is 1.87. The zero-order valence-electron chi connectivity index (χ0n) is 14.2. The molecule has 0 fully saturated rings. The number of carbonyl (C=O) groups is 2. The molecule has 0 aromatic heterocycles. The average molecular weight is 354 g/mol. The quantitative estimate of drug-likeness (QED) is 0.356. The first-order chi connectivity index (χ1) is 12.5. The van der Waals surface area contributed by atoms with Crippen LogP contribution < -0.4 is 5.32 Å². The lowest BCUT2D eigenvalue weighted by atomic mass is 10.1. The first-order valence-electron chi connectivity index (χ1n) is 7.96. The normalized spacial score (nSPS) is 10.5. The summed E-state index contributed by atoms with van der Waals surface area (Å²) in [6, 6.07) is 13.2. The van der Waals surface area contributed by atoms with Crippen LogP contribution in [0.15, 0.2) is 54.6 Å². The molecule has 2 aromatic rings. The third-order valence-corrected chi connectivity index (χ3v) is 3.51. The van der Waals surface area contributed by atoms with Crippen molar-refractivity contribution >= 4 is 29.3 Å². The Labute approximate surface area is 150 Å². The summed E-state index contributed by atoms with van der Waals surface area (Å²) in [6.07, 6.45) is 3.27. The summed E-state index contributed by atoms with van der Waals surface area (Å²) in [5, 5.41) is 13.4. The van der Waals surface area contributed by atoms with Crippen molar-refractivity contribution in [1.82, 2.24) is 0 Å². The lowest BCUT2D eigenvalue weighted by Gasteiger charge is -2.09. The van der Waals surface area contributed by atoms with Gasteiger partial charge in [0.05, 0.1) is 4.92 Å². The van der Waals surface area contributed by atoms with E-state index in [0.717, 1.165) is 18.1 Å². The number of rotatable bonds is 7. The molecule has 1 N–H and O–H groups in total. The molecule has 0 aliphatic carbocycles. The zero-order chi connectivity index (χ0) is 18.9. The van der Waals surface area contributed by atoms with E-state index in [1.54, 1.807) is 12.1 Å². The number of nitro groups is 1. The fourth-order valence-electron chi connectivity index (χ4n) is 2.23. The highest BCUT2D eigenvalue weighted by Crippen LogP contribution is 2.15. The van der Waals surface area contributed by atoms with Crippen molar-refractivity contribution in [3.8, 4) is 0 Å². The van der Waals surface area contributed by atoms with E-state index < -0.39 is 23.4 Å². The maximum atomic E-state index is 11.9. The summed E-state index contributed by atoms with van der Waals surface area (Å²) in [7, 11) is 0. The van der Waals surface area contributed by atoms with E-state index in [4.69, 9.17) is 4.74 Å². The van der Waals surface area contributed by atoms with Gasteiger partial charge < -0.3 is 10.1 Å². The van der Waals surface area contributed by atoms with Crippen LogP contribution in [0.3, 0.4) is 0 Å². The van der Waals surface area contributed by atoms with E-state index in [1.807, 2.05) is 25.1 Å². The maximum absolute atomic E-state index is 11.9. The number of carbonyl (C=O) groups excluding carboxylic acids is 2. The fourth-order valence-corrected chi connectivity index (χ4v) is 2.23. The van der Waals surface area contributed by atoms with Crippen molar-refractivity contribution in [1.29, 1.82) is 0 Å². The monoisotopic (exact) mass is 354 g/mol. The highest BCUT2D eigenvalue weighted by atomic mass is 16.6. The molecule has 0 atom stereocenters. The highest BCUT2D eigenvalue weighted by Gasteiger charge is 2.08. The summed E-state index contributed by atoms with van der Waals surface area (Å²) in [4.78, 5) is 33.8. The largest absolute Gasteiger partial charge is 0.452 e. The van der Waals surface area contributed by atoms with Gasteiger partial charge >= 0.3 is 5.97 Å². The van der Waals surface area contributed by atoms with Crippen molar-refractivity contribution in [2.45, 2.75) is 13.3 Å². The van der Waals surface area contributed by atoms with Crippen LogP contribution in [0.5, 0.6) is 0 Å². The van der Waals surface area contributed by atoms with Crippen molar-refractivity contribution in [3.63, 3.8) is 0 Å². The number of nitro benzene ring substituents is 1. The first-order valence-corrected chi connectivity index (χ1v) is 7.96. The molecule has 7 heteroatoms. The number of anilines is 1. The Morgan fingerprint density at radius 3 is 2.69 bits per heavy atom. The fraction of sp³-hybridized carbons (Fsp3) is 0.158. The molecule has 2 rings (SSSR count). The standard InChI is InChI=1S/C19H18N2O5/c1-2-15-7-3-4-9-17(15)20-18(22)13-26-19(23)11-10-14-6-5-8-16(12-14)21(24)25/h3-12H,2,13H2,1H3,(H,20,22)/b11-10+. The van der Waals surface area contributed by atoms with E-state index in [9.17, 15) is 19.7 Å². The number of benzene rings is 2. The van der Waals surface area contributed by atoms with E-state index in [1.165, 1.54) is 24.3 Å². The summed E-state index contributed by atoms with van der Waals surface area (Å²) in [5.74, 6) is -1.15. The van der Waals surface area contributed by atoms with Gasteiger partial charge in [-0.3, -0.25) is 14.9 Å². The second kappa shape index (κ2) is 9.12. The van der Waals surface area contributed by atoms with Gasteiger partial charge in [-0.1, -0.05) is 37.3 Å². The third-order valence-electron chi connectivity index (χ3n) is 3.51. The van der Waals surface area contributed by atoms with Crippen LogP contribution in [0.1, 0.15) is 18.1 Å². The van der Waals surface area contributed by atoms with E-state index in [0.29, 0.717) is 11.3 Å². The van der Waals surface area contributed by atoms with Crippen molar-refractivity contribution in [2.75, 3.05) is 11.9 Å². The predicted molar refractivity (Wildman–Crippen MR) is 97.5 cm³/mol. The number of ether oxygens (including phenoxy) is 1. The smallest absolute Gasteiger partial charge is 0.331 e. The second-order valence-corrected chi connectivity index (χ2v) is 5.35. The zero-order valence-corrected chi connectivity index (χ0v) is 14.2. The van der Waals surface area contributed by atoms with Gasteiger partial charge in [0.25, 0.3) is 11.6 Å². The number of non-ortho nitro benzene ring substituents is 1. The molecule has 0 saturated carbocycles. The molecule has 0 aliphatic rings. The summed E-state index contributed by atoms with van der Waals surface area (Å²) in [6.45, 7) is 1.56. The minimum atomic E-state index is -0.713. The number of esters is 1. The number of para-hydroxylation sites is 1.